The predicted molar refractivity (Wildman–Crippen MR) is 68.7 cm³/mol. The van der Waals surface area contributed by atoms with Crippen LogP contribution < -0.4 is 0 Å². The summed E-state index contributed by atoms with van der Waals surface area (Å²) in [7, 11) is 1.30. The van der Waals surface area contributed by atoms with Crippen LogP contribution in [0.3, 0.4) is 0 Å². The maximum Gasteiger partial charge on any atom is 0.316 e. The summed E-state index contributed by atoms with van der Waals surface area (Å²) in [6, 6.07) is 7.51. The van der Waals surface area contributed by atoms with Crippen molar-refractivity contribution >= 4 is 27.7 Å². The van der Waals surface area contributed by atoms with E-state index in [0.29, 0.717) is 6.42 Å². The van der Waals surface area contributed by atoms with E-state index in [1.165, 1.54) is 7.11 Å². The number of ketones is 1. The fourth-order valence-electron chi connectivity index (χ4n) is 1.64. The van der Waals surface area contributed by atoms with E-state index in [-0.39, 0.29) is 12.2 Å². The molecule has 17 heavy (non-hydrogen) atoms. The van der Waals surface area contributed by atoms with Gasteiger partial charge in [-0.25, -0.2) is 0 Å². The average molecular weight is 299 g/mol. The van der Waals surface area contributed by atoms with Crippen molar-refractivity contribution in [1.82, 2.24) is 0 Å². The highest BCUT2D eigenvalue weighted by molar-refractivity contribution is 9.10. The van der Waals surface area contributed by atoms with Gasteiger partial charge in [0.05, 0.1) is 7.11 Å². The Morgan fingerprint density at radius 2 is 2.12 bits per heavy atom. The van der Waals surface area contributed by atoms with Crippen LogP contribution in [0.25, 0.3) is 0 Å². The minimum absolute atomic E-state index is 0.0996. The number of halogens is 1. The van der Waals surface area contributed by atoms with Crippen molar-refractivity contribution in [2.75, 3.05) is 7.11 Å². The number of Topliss-reactive ketones (excluding diaryl/α,β-unsaturated/α-hetero) is 1. The van der Waals surface area contributed by atoms with E-state index in [4.69, 9.17) is 0 Å². The predicted octanol–water partition coefficient (Wildman–Crippen LogP) is 2.76. The minimum atomic E-state index is -0.654. The Balaban J connectivity index is 2.74. The van der Waals surface area contributed by atoms with Crippen LogP contribution >= 0.6 is 15.9 Å². The summed E-state index contributed by atoms with van der Waals surface area (Å²) >= 11 is 3.35. The summed E-state index contributed by atoms with van der Waals surface area (Å²) in [6.45, 7) is 1.81. The van der Waals surface area contributed by atoms with Gasteiger partial charge in [-0.05, 0) is 24.1 Å². The lowest BCUT2D eigenvalue weighted by atomic mass is 9.96. The average Bonchev–Trinajstić information content (AvgIpc) is 2.29. The van der Waals surface area contributed by atoms with Crippen molar-refractivity contribution < 1.29 is 14.3 Å². The lowest BCUT2D eigenvalue weighted by Crippen LogP contribution is -2.26. The molecule has 0 aromatic heterocycles. The number of hydrogen-bond donors (Lipinski definition) is 0. The third-order valence-corrected chi connectivity index (χ3v) is 3.04. The van der Waals surface area contributed by atoms with Crippen molar-refractivity contribution in [3.05, 3.63) is 34.3 Å². The molecular weight excluding hydrogens is 284 g/mol. The molecule has 0 aliphatic rings. The fourth-order valence-corrected chi connectivity index (χ4v) is 2.09. The topological polar surface area (TPSA) is 43.4 Å². The van der Waals surface area contributed by atoms with Gasteiger partial charge in [0.2, 0.25) is 0 Å². The van der Waals surface area contributed by atoms with E-state index < -0.39 is 11.9 Å². The quantitative estimate of drug-likeness (QED) is 0.620. The number of rotatable bonds is 5. The molecule has 0 aliphatic carbocycles. The summed E-state index contributed by atoms with van der Waals surface area (Å²) in [4.78, 5) is 23.3. The summed E-state index contributed by atoms with van der Waals surface area (Å²) in [6.07, 6.45) is 0.729. The third kappa shape index (κ3) is 3.97. The Hall–Kier alpha value is -1.16. The van der Waals surface area contributed by atoms with E-state index in [2.05, 4.69) is 20.7 Å². The Bertz CT molecular complexity index is 415. The molecule has 0 saturated carbocycles. The standard InChI is InChI=1S/C13H15BrO3/c1-3-11(13(16)17-2)12(15)8-9-5-4-6-10(14)7-9/h4-7,11H,3,8H2,1-2H3. The largest absolute Gasteiger partial charge is 0.468 e. The molecule has 0 radical (unpaired) electrons. The number of benzene rings is 1. The van der Waals surface area contributed by atoms with Gasteiger partial charge in [0.15, 0.2) is 5.78 Å². The Morgan fingerprint density at radius 1 is 1.41 bits per heavy atom. The molecule has 1 rings (SSSR count). The Kier molecular flexibility index (Phi) is 5.35. The van der Waals surface area contributed by atoms with Crippen LogP contribution in [-0.4, -0.2) is 18.9 Å². The van der Waals surface area contributed by atoms with Crippen molar-refractivity contribution in [1.29, 1.82) is 0 Å². The van der Waals surface area contributed by atoms with Crippen LogP contribution in [-0.2, 0) is 20.7 Å². The smallest absolute Gasteiger partial charge is 0.316 e. The number of methoxy groups -OCH3 is 1. The third-order valence-electron chi connectivity index (χ3n) is 2.55. The summed E-state index contributed by atoms with van der Waals surface area (Å²) in [5.74, 6) is -1.20. The van der Waals surface area contributed by atoms with Crippen LogP contribution in [0.15, 0.2) is 28.7 Å². The molecule has 3 nitrogen and oxygen atoms in total. The van der Waals surface area contributed by atoms with Gasteiger partial charge in [0, 0.05) is 10.9 Å². The number of esters is 1. The molecule has 0 N–H and O–H groups in total. The highest BCUT2D eigenvalue weighted by atomic mass is 79.9. The lowest BCUT2D eigenvalue weighted by molar-refractivity contribution is -0.149. The number of hydrogen-bond acceptors (Lipinski definition) is 3. The van der Waals surface area contributed by atoms with Gasteiger partial charge in [-0.15, -0.1) is 0 Å². The van der Waals surface area contributed by atoms with Gasteiger partial charge in [-0.3, -0.25) is 9.59 Å². The first-order valence-electron chi connectivity index (χ1n) is 5.43. The summed E-state index contributed by atoms with van der Waals surface area (Å²) < 4.78 is 5.54. The lowest BCUT2D eigenvalue weighted by Gasteiger charge is -2.11. The van der Waals surface area contributed by atoms with Crippen LogP contribution in [0, 0.1) is 5.92 Å². The molecule has 92 valence electrons. The van der Waals surface area contributed by atoms with Crippen LogP contribution in [0.2, 0.25) is 0 Å². The molecule has 1 aromatic carbocycles. The maximum absolute atomic E-state index is 11.9. The zero-order valence-electron chi connectivity index (χ0n) is 9.90. The summed E-state index contributed by atoms with van der Waals surface area (Å²) in [5, 5.41) is 0. The second-order valence-corrected chi connectivity index (χ2v) is 4.67. The molecule has 0 spiro atoms. The maximum atomic E-state index is 11.9. The van der Waals surface area contributed by atoms with Gasteiger partial charge in [0.1, 0.15) is 5.92 Å². The summed E-state index contributed by atoms with van der Waals surface area (Å²) in [5.41, 5.74) is 0.895. The van der Waals surface area contributed by atoms with Gasteiger partial charge in [0.25, 0.3) is 0 Å². The second-order valence-electron chi connectivity index (χ2n) is 3.76. The Labute approximate surface area is 109 Å². The molecule has 0 saturated heterocycles. The van der Waals surface area contributed by atoms with Gasteiger partial charge in [-0.1, -0.05) is 35.0 Å². The molecule has 1 aromatic rings. The van der Waals surface area contributed by atoms with Crippen molar-refractivity contribution in [3.63, 3.8) is 0 Å². The molecule has 0 amide bonds. The van der Waals surface area contributed by atoms with Crippen LogP contribution in [0.1, 0.15) is 18.9 Å². The van der Waals surface area contributed by atoms with E-state index in [0.717, 1.165) is 10.0 Å². The first-order chi connectivity index (χ1) is 8.08. The molecule has 0 bridgehead atoms. The van der Waals surface area contributed by atoms with E-state index in [9.17, 15) is 9.59 Å². The van der Waals surface area contributed by atoms with E-state index in [1.54, 1.807) is 6.92 Å². The number of ether oxygens (including phenoxy) is 1. The van der Waals surface area contributed by atoms with Crippen LogP contribution in [0.4, 0.5) is 0 Å². The van der Waals surface area contributed by atoms with Crippen LogP contribution in [0.5, 0.6) is 0 Å². The second kappa shape index (κ2) is 6.55. The highest BCUT2D eigenvalue weighted by Gasteiger charge is 2.25. The molecule has 4 heteroatoms. The SMILES string of the molecule is CCC(C(=O)Cc1cccc(Br)c1)C(=O)OC. The molecule has 1 atom stereocenters. The fraction of sp³-hybridized carbons (Fsp3) is 0.385. The Morgan fingerprint density at radius 3 is 2.65 bits per heavy atom. The molecule has 0 aliphatic heterocycles. The zero-order chi connectivity index (χ0) is 12.8. The highest BCUT2D eigenvalue weighted by Crippen LogP contribution is 2.15. The van der Waals surface area contributed by atoms with E-state index in [1.807, 2.05) is 24.3 Å². The van der Waals surface area contributed by atoms with Crippen molar-refractivity contribution in [2.24, 2.45) is 5.92 Å². The molecule has 0 fully saturated rings. The van der Waals surface area contributed by atoms with Gasteiger partial charge in [-0.2, -0.15) is 0 Å². The molecular formula is C13H15BrO3. The first-order valence-corrected chi connectivity index (χ1v) is 6.22. The van der Waals surface area contributed by atoms with Crippen molar-refractivity contribution in [2.45, 2.75) is 19.8 Å². The molecule has 1 unspecified atom stereocenters. The first kappa shape index (κ1) is 13.9. The van der Waals surface area contributed by atoms with E-state index >= 15 is 0 Å². The monoisotopic (exact) mass is 298 g/mol. The molecule has 0 heterocycles. The van der Waals surface area contributed by atoms with Gasteiger partial charge < -0.3 is 4.74 Å². The normalized spacial score (nSPS) is 11.9. The number of carbonyl (C=O) groups is 2. The van der Waals surface area contributed by atoms with Gasteiger partial charge >= 0.3 is 5.97 Å². The number of carbonyl (C=O) groups excluding carboxylic acids is 2. The zero-order valence-corrected chi connectivity index (χ0v) is 11.5. The van der Waals surface area contributed by atoms with Crippen molar-refractivity contribution in [3.8, 4) is 0 Å². The minimum Gasteiger partial charge on any atom is -0.468 e.